The summed E-state index contributed by atoms with van der Waals surface area (Å²) in [5.74, 6) is 2.73. The maximum absolute atomic E-state index is 5.60. The fraction of sp³-hybridized carbons (Fsp3) is 0.500. The molecule has 140 valence electrons. The van der Waals surface area contributed by atoms with Gasteiger partial charge in [-0.25, -0.2) is 15.0 Å². The Labute approximate surface area is 156 Å². The summed E-state index contributed by atoms with van der Waals surface area (Å²) < 4.78 is 12.9. The summed E-state index contributed by atoms with van der Waals surface area (Å²) in [5.41, 5.74) is 0.866. The van der Waals surface area contributed by atoms with E-state index in [-0.39, 0.29) is 6.10 Å². The van der Waals surface area contributed by atoms with Crippen molar-refractivity contribution in [2.24, 2.45) is 0 Å². The van der Waals surface area contributed by atoms with Crippen molar-refractivity contribution < 1.29 is 9.26 Å². The van der Waals surface area contributed by atoms with Crippen molar-refractivity contribution in [1.29, 1.82) is 0 Å². The molecule has 0 radical (unpaired) electrons. The molecule has 2 aliphatic rings. The van der Waals surface area contributed by atoms with Crippen molar-refractivity contribution in [3.05, 3.63) is 36.5 Å². The Balaban J connectivity index is 1.33. The first kappa shape index (κ1) is 16.4. The molecular formula is C18H21N7O2. The van der Waals surface area contributed by atoms with Crippen LogP contribution in [-0.4, -0.2) is 49.4 Å². The van der Waals surface area contributed by atoms with Crippen LogP contribution in [0.1, 0.15) is 43.5 Å². The second-order valence-corrected chi connectivity index (χ2v) is 6.90. The van der Waals surface area contributed by atoms with Crippen molar-refractivity contribution in [2.45, 2.75) is 38.3 Å². The Bertz CT molecular complexity index is 893. The third-order valence-corrected chi connectivity index (χ3v) is 5.00. The Morgan fingerprint density at radius 2 is 1.93 bits per heavy atom. The first-order chi connectivity index (χ1) is 13.4. The van der Waals surface area contributed by atoms with Crippen LogP contribution in [-0.2, 0) is 11.3 Å². The van der Waals surface area contributed by atoms with Gasteiger partial charge >= 0.3 is 0 Å². The van der Waals surface area contributed by atoms with Crippen LogP contribution in [0.25, 0.3) is 11.4 Å². The molecule has 0 spiro atoms. The summed E-state index contributed by atoms with van der Waals surface area (Å²) in [6.45, 7) is 3.28. The molecule has 2 saturated heterocycles. The first-order valence-corrected chi connectivity index (χ1v) is 9.39. The number of anilines is 1. The van der Waals surface area contributed by atoms with Crippen molar-refractivity contribution in [2.75, 3.05) is 24.6 Å². The number of imidazole rings is 1. The number of rotatable bonds is 5. The minimum absolute atomic E-state index is 0.0694. The quantitative estimate of drug-likeness (QED) is 0.677. The molecule has 0 amide bonds. The first-order valence-electron chi connectivity index (χ1n) is 9.39. The van der Waals surface area contributed by atoms with E-state index < -0.39 is 0 Å². The van der Waals surface area contributed by atoms with Crippen molar-refractivity contribution >= 4 is 5.95 Å². The van der Waals surface area contributed by atoms with Gasteiger partial charge in [-0.1, -0.05) is 5.16 Å². The van der Waals surface area contributed by atoms with Gasteiger partial charge in [0.1, 0.15) is 11.9 Å². The molecule has 2 aliphatic heterocycles. The van der Waals surface area contributed by atoms with Crippen LogP contribution in [0, 0.1) is 0 Å². The molecule has 5 heterocycles. The lowest BCUT2D eigenvalue weighted by molar-refractivity contribution is 0.0835. The van der Waals surface area contributed by atoms with Crippen LogP contribution < -0.4 is 4.90 Å². The summed E-state index contributed by atoms with van der Waals surface area (Å²) >= 11 is 0. The fourth-order valence-corrected chi connectivity index (χ4v) is 3.60. The maximum atomic E-state index is 5.60. The van der Waals surface area contributed by atoms with E-state index in [9.17, 15) is 0 Å². The molecule has 0 aromatic carbocycles. The molecule has 9 nitrogen and oxygen atoms in total. The number of hydrogen-bond acceptors (Lipinski definition) is 8. The predicted molar refractivity (Wildman–Crippen MR) is 96.0 cm³/mol. The van der Waals surface area contributed by atoms with Crippen LogP contribution in [0.3, 0.4) is 0 Å². The van der Waals surface area contributed by atoms with Crippen LogP contribution in [0.15, 0.2) is 29.3 Å². The van der Waals surface area contributed by atoms with Gasteiger partial charge in [0.25, 0.3) is 5.89 Å². The number of aromatic nitrogens is 6. The highest BCUT2D eigenvalue weighted by molar-refractivity contribution is 5.54. The van der Waals surface area contributed by atoms with Gasteiger partial charge in [0, 0.05) is 44.5 Å². The van der Waals surface area contributed by atoms with Crippen molar-refractivity contribution in [1.82, 2.24) is 29.7 Å². The second kappa shape index (κ2) is 7.07. The predicted octanol–water partition coefficient (Wildman–Crippen LogP) is 2.22. The van der Waals surface area contributed by atoms with E-state index in [1.807, 2.05) is 23.2 Å². The van der Waals surface area contributed by atoms with Gasteiger partial charge in [0.2, 0.25) is 5.95 Å². The van der Waals surface area contributed by atoms with E-state index in [1.165, 1.54) is 12.8 Å². The van der Waals surface area contributed by atoms with Crippen LogP contribution in [0.5, 0.6) is 0 Å². The molecule has 2 fully saturated rings. The lowest BCUT2D eigenvalue weighted by Crippen LogP contribution is -2.20. The highest BCUT2D eigenvalue weighted by Crippen LogP contribution is 2.27. The molecule has 0 unspecified atom stereocenters. The third-order valence-electron chi connectivity index (χ3n) is 5.00. The lowest BCUT2D eigenvalue weighted by atomic mass is 10.2. The van der Waals surface area contributed by atoms with Crippen LogP contribution >= 0.6 is 0 Å². The Morgan fingerprint density at radius 3 is 2.70 bits per heavy atom. The van der Waals surface area contributed by atoms with Gasteiger partial charge in [-0.05, 0) is 25.7 Å². The fourth-order valence-electron chi connectivity index (χ4n) is 3.60. The third kappa shape index (κ3) is 3.30. The van der Waals surface area contributed by atoms with E-state index in [0.29, 0.717) is 18.3 Å². The van der Waals surface area contributed by atoms with E-state index >= 15 is 0 Å². The van der Waals surface area contributed by atoms with Gasteiger partial charge in [-0.2, -0.15) is 4.98 Å². The average Bonchev–Trinajstić information content (AvgIpc) is 3.49. The van der Waals surface area contributed by atoms with Gasteiger partial charge in [0.15, 0.2) is 5.82 Å². The summed E-state index contributed by atoms with van der Waals surface area (Å²) in [5, 5.41) is 4.08. The smallest absolute Gasteiger partial charge is 0.255 e. The normalized spacial score (nSPS) is 19.9. The van der Waals surface area contributed by atoms with Crippen LogP contribution in [0.2, 0.25) is 0 Å². The molecule has 0 aliphatic carbocycles. The zero-order valence-electron chi connectivity index (χ0n) is 15.0. The number of hydrogen-bond donors (Lipinski definition) is 0. The molecule has 9 heteroatoms. The molecule has 0 N–H and O–H groups in total. The zero-order chi connectivity index (χ0) is 18.1. The minimum Gasteiger partial charge on any atom is -0.368 e. The van der Waals surface area contributed by atoms with E-state index in [4.69, 9.17) is 9.26 Å². The Kier molecular flexibility index (Phi) is 4.29. The minimum atomic E-state index is -0.0694. The molecule has 1 atom stereocenters. The monoisotopic (exact) mass is 367 g/mol. The van der Waals surface area contributed by atoms with E-state index in [2.05, 4.69) is 30.0 Å². The topological polar surface area (TPSA) is 95.0 Å². The number of nitrogens with zero attached hydrogens (tertiary/aromatic N) is 7. The van der Waals surface area contributed by atoms with Crippen molar-refractivity contribution in [3.63, 3.8) is 0 Å². The van der Waals surface area contributed by atoms with Gasteiger partial charge in [-0.15, -0.1) is 0 Å². The second-order valence-electron chi connectivity index (χ2n) is 6.90. The maximum Gasteiger partial charge on any atom is 0.255 e. The Morgan fingerprint density at radius 1 is 1.07 bits per heavy atom. The van der Waals surface area contributed by atoms with Gasteiger partial charge in [0.05, 0.1) is 12.1 Å². The molecule has 3 aromatic rings. The Hall–Kier alpha value is -2.81. The molecule has 0 saturated carbocycles. The van der Waals surface area contributed by atoms with E-state index in [0.717, 1.165) is 49.9 Å². The zero-order valence-corrected chi connectivity index (χ0v) is 15.0. The largest absolute Gasteiger partial charge is 0.368 e. The summed E-state index contributed by atoms with van der Waals surface area (Å²) in [7, 11) is 0. The molecular weight excluding hydrogens is 346 g/mol. The molecule has 5 rings (SSSR count). The summed E-state index contributed by atoms with van der Waals surface area (Å²) in [4.78, 5) is 20.2. The van der Waals surface area contributed by atoms with Crippen molar-refractivity contribution in [3.8, 4) is 11.4 Å². The SMILES string of the molecule is c1cn(Cc2noc([C@@H]3CCCO3)n2)c(-c2cnc(N3CCCC3)nc2)n1. The number of ether oxygens (including phenoxy) is 1. The highest BCUT2D eigenvalue weighted by atomic mass is 16.5. The van der Waals surface area contributed by atoms with E-state index in [1.54, 1.807) is 6.20 Å². The molecule has 27 heavy (non-hydrogen) atoms. The summed E-state index contributed by atoms with van der Waals surface area (Å²) in [6.07, 6.45) is 11.6. The van der Waals surface area contributed by atoms with Crippen LogP contribution in [0.4, 0.5) is 5.95 Å². The lowest BCUT2D eigenvalue weighted by Gasteiger charge is -2.14. The van der Waals surface area contributed by atoms with Gasteiger partial charge in [-0.3, -0.25) is 0 Å². The summed E-state index contributed by atoms with van der Waals surface area (Å²) in [6, 6.07) is 0. The van der Waals surface area contributed by atoms with Gasteiger partial charge < -0.3 is 18.7 Å². The molecule has 0 bridgehead atoms. The average molecular weight is 367 g/mol. The molecule has 3 aromatic heterocycles. The standard InChI is InChI=1S/C18H21N7O2/c1-2-7-24(6-1)18-20-10-13(11-21-18)16-19-5-8-25(16)12-15-22-17(27-23-15)14-4-3-9-26-14/h5,8,10-11,14H,1-4,6-7,9,12H2/t14-/m0/s1. The highest BCUT2D eigenvalue weighted by Gasteiger charge is 2.24.